The molecule has 21 heavy (non-hydrogen) atoms. The molecule has 1 heterocycles. The number of hydrogen-bond acceptors (Lipinski definition) is 5. The van der Waals surface area contributed by atoms with E-state index in [0.29, 0.717) is 10.7 Å². The molecular weight excluding hydrogens is 332 g/mol. The van der Waals surface area contributed by atoms with Gasteiger partial charge < -0.3 is 5.32 Å². The lowest BCUT2D eigenvalue weighted by Gasteiger charge is -2.07. The summed E-state index contributed by atoms with van der Waals surface area (Å²) < 4.78 is 24.4. The van der Waals surface area contributed by atoms with Crippen LogP contribution in [0, 0.1) is 0 Å². The fourth-order valence-corrected chi connectivity index (χ4v) is 3.87. The van der Waals surface area contributed by atoms with Crippen molar-refractivity contribution >= 4 is 44.4 Å². The predicted molar refractivity (Wildman–Crippen MR) is 83.4 cm³/mol. The number of halogens is 1. The molecule has 0 bridgehead atoms. The second-order valence-electron chi connectivity index (χ2n) is 4.31. The SMILES string of the molecule is CC(Cl)C(=O)Nc1ccc(S(=O)(=O)Cc2nccs2)cc1. The molecule has 1 amide bonds. The Labute approximate surface area is 131 Å². The van der Waals surface area contributed by atoms with Crippen molar-refractivity contribution in [3.8, 4) is 0 Å². The average molecular weight is 345 g/mol. The van der Waals surface area contributed by atoms with Gasteiger partial charge in [0, 0.05) is 17.3 Å². The third kappa shape index (κ3) is 4.26. The van der Waals surface area contributed by atoms with Gasteiger partial charge in [-0.05, 0) is 31.2 Å². The monoisotopic (exact) mass is 344 g/mol. The lowest BCUT2D eigenvalue weighted by Crippen LogP contribution is -2.20. The highest BCUT2D eigenvalue weighted by atomic mass is 35.5. The summed E-state index contributed by atoms with van der Waals surface area (Å²) in [5, 5.41) is 4.21. The Balaban J connectivity index is 2.13. The molecule has 0 saturated carbocycles. The van der Waals surface area contributed by atoms with Gasteiger partial charge in [-0.15, -0.1) is 22.9 Å². The molecule has 1 atom stereocenters. The molecule has 112 valence electrons. The highest BCUT2D eigenvalue weighted by molar-refractivity contribution is 7.90. The largest absolute Gasteiger partial charge is 0.325 e. The summed E-state index contributed by atoms with van der Waals surface area (Å²) in [6.45, 7) is 1.56. The van der Waals surface area contributed by atoms with Crippen molar-refractivity contribution < 1.29 is 13.2 Å². The first-order valence-corrected chi connectivity index (χ1v) is 9.01. The molecule has 0 aliphatic carbocycles. The maximum absolute atomic E-state index is 12.2. The molecule has 0 spiro atoms. The molecule has 0 saturated heterocycles. The molecule has 1 unspecified atom stereocenters. The van der Waals surface area contributed by atoms with Crippen LogP contribution in [-0.4, -0.2) is 24.7 Å². The van der Waals surface area contributed by atoms with E-state index in [1.807, 2.05) is 0 Å². The summed E-state index contributed by atoms with van der Waals surface area (Å²) in [4.78, 5) is 15.6. The topological polar surface area (TPSA) is 76.1 Å². The summed E-state index contributed by atoms with van der Waals surface area (Å²) in [7, 11) is -3.44. The quantitative estimate of drug-likeness (QED) is 0.846. The van der Waals surface area contributed by atoms with E-state index >= 15 is 0 Å². The summed E-state index contributed by atoms with van der Waals surface area (Å²) >= 11 is 6.95. The molecule has 1 aromatic carbocycles. The number of aromatic nitrogens is 1. The molecule has 0 fully saturated rings. The summed E-state index contributed by atoms with van der Waals surface area (Å²) in [6.07, 6.45) is 1.57. The molecule has 0 radical (unpaired) electrons. The fraction of sp³-hybridized carbons (Fsp3) is 0.231. The molecular formula is C13H13ClN2O3S2. The van der Waals surface area contributed by atoms with Gasteiger partial charge >= 0.3 is 0 Å². The zero-order chi connectivity index (χ0) is 15.5. The molecule has 5 nitrogen and oxygen atoms in total. The van der Waals surface area contributed by atoms with Gasteiger partial charge in [0.05, 0.1) is 4.90 Å². The van der Waals surface area contributed by atoms with Crippen molar-refractivity contribution in [1.29, 1.82) is 0 Å². The van der Waals surface area contributed by atoms with Gasteiger partial charge in [0.1, 0.15) is 16.1 Å². The Morgan fingerprint density at radius 3 is 2.57 bits per heavy atom. The first kappa shape index (κ1) is 15.9. The minimum absolute atomic E-state index is 0.130. The summed E-state index contributed by atoms with van der Waals surface area (Å²) in [5.41, 5.74) is 0.501. The van der Waals surface area contributed by atoms with Crippen LogP contribution >= 0.6 is 22.9 Å². The van der Waals surface area contributed by atoms with E-state index in [-0.39, 0.29) is 16.6 Å². The maximum atomic E-state index is 12.2. The maximum Gasteiger partial charge on any atom is 0.242 e. The van der Waals surface area contributed by atoms with Crippen molar-refractivity contribution in [2.75, 3.05) is 5.32 Å². The normalized spacial score (nSPS) is 12.9. The molecule has 2 rings (SSSR count). The van der Waals surface area contributed by atoms with E-state index in [4.69, 9.17) is 11.6 Å². The van der Waals surface area contributed by atoms with Gasteiger partial charge in [0.15, 0.2) is 9.84 Å². The van der Waals surface area contributed by atoms with Crippen LogP contribution < -0.4 is 5.32 Å². The number of nitrogens with one attached hydrogen (secondary N) is 1. The van der Waals surface area contributed by atoms with Gasteiger partial charge in [-0.2, -0.15) is 0 Å². The first-order valence-electron chi connectivity index (χ1n) is 6.04. The van der Waals surface area contributed by atoms with E-state index in [0.717, 1.165) is 0 Å². The number of rotatable bonds is 5. The molecule has 0 aliphatic heterocycles. The Kier molecular flexibility index (Phi) is 4.97. The predicted octanol–water partition coefficient (Wildman–Crippen LogP) is 2.68. The minimum Gasteiger partial charge on any atom is -0.325 e. The number of alkyl halides is 1. The number of thiazole rings is 1. The van der Waals surface area contributed by atoms with Crippen LogP contribution in [0.25, 0.3) is 0 Å². The van der Waals surface area contributed by atoms with Crippen molar-refractivity contribution in [2.24, 2.45) is 0 Å². The van der Waals surface area contributed by atoms with Crippen LogP contribution in [0.2, 0.25) is 0 Å². The van der Waals surface area contributed by atoms with Gasteiger partial charge in [0.2, 0.25) is 5.91 Å². The van der Waals surface area contributed by atoms with Crippen LogP contribution in [0.4, 0.5) is 5.69 Å². The van der Waals surface area contributed by atoms with Crippen molar-refractivity contribution in [2.45, 2.75) is 22.9 Å². The zero-order valence-corrected chi connectivity index (χ0v) is 13.5. The van der Waals surface area contributed by atoms with Gasteiger partial charge in [0.25, 0.3) is 0 Å². The van der Waals surface area contributed by atoms with E-state index in [9.17, 15) is 13.2 Å². The summed E-state index contributed by atoms with van der Waals surface area (Å²) in [6, 6.07) is 5.98. The van der Waals surface area contributed by atoms with Crippen molar-refractivity contribution in [3.05, 3.63) is 40.8 Å². The van der Waals surface area contributed by atoms with Crippen LogP contribution in [0.1, 0.15) is 11.9 Å². The number of anilines is 1. The zero-order valence-electron chi connectivity index (χ0n) is 11.1. The Hall–Kier alpha value is -1.44. The molecule has 1 N–H and O–H groups in total. The Morgan fingerprint density at radius 1 is 1.38 bits per heavy atom. The van der Waals surface area contributed by atoms with Crippen LogP contribution in [0.15, 0.2) is 40.7 Å². The lowest BCUT2D eigenvalue weighted by molar-refractivity contribution is -0.115. The average Bonchev–Trinajstić information content (AvgIpc) is 2.91. The van der Waals surface area contributed by atoms with Crippen molar-refractivity contribution in [3.63, 3.8) is 0 Å². The van der Waals surface area contributed by atoms with E-state index < -0.39 is 15.2 Å². The standard InChI is InChI=1S/C13H13ClN2O3S2/c1-9(14)13(17)16-10-2-4-11(5-3-10)21(18,19)8-12-15-6-7-20-12/h2-7,9H,8H2,1H3,(H,16,17). The first-order chi connectivity index (χ1) is 9.88. The Morgan fingerprint density at radius 2 is 2.05 bits per heavy atom. The van der Waals surface area contributed by atoms with Crippen LogP contribution in [0.3, 0.4) is 0 Å². The number of amides is 1. The minimum atomic E-state index is -3.44. The second-order valence-corrected chi connectivity index (χ2v) is 7.94. The number of benzene rings is 1. The number of nitrogens with zero attached hydrogens (tertiary/aromatic N) is 1. The van der Waals surface area contributed by atoms with Crippen LogP contribution in [-0.2, 0) is 20.4 Å². The number of carbonyl (C=O) groups is 1. The van der Waals surface area contributed by atoms with E-state index in [1.54, 1.807) is 18.5 Å². The smallest absolute Gasteiger partial charge is 0.242 e. The van der Waals surface area contributed by atoms with Gasteiger partial charge in [-0.1, -0.05) is 0 Å². The van der Waals surface area contributed by atoms with Gasteiger partial charge in [-0.3, -0.25) is 4.79 Å². The van der Waals surface area contributed by atoms with Crippen LogP contribution in [0.5, 0.6) is 0 Å². The molecule has 2 aromatic rings. The third-order valence-corrected chi connectivity index (χ3v) is 5.44. The lowest BCUT2D eigenvalue weighted by atomic mass is 10.3. The highest BCUT2D eigenvalue weighted by Crippen LogP contribution is 2.20. The Bertz CT molecular complexity index is 710. The number of hydrogen-bond donors (Lipinski definition) is 1. The second kappa shape index (κ2) is 6.55. The van der Waals surface area contributed by atoms with Crippen molar-refractivity contribution in [1.82, 2.24) is 4.98 Å². The third-order valence-electron chi connectivity index (χ3n) is 2.64. The van der Waals surface area contributed by atoms with E-state index in [1.165, 1.54) is 35.6 Å². The number of carbonyl (C=O) groups excluding carboxylic acids is 1. The molecule has 0 aliphatic rings. The molecule has 1 aromatic heterocycles. The number of sulfone groups is 1. The highest BCUT2D eigenvalue weighted by Gasteiger charge is 2.17. The fourth-order valence-electron chi connectivity index (χ4n) is 1.56. The summed E-state index contributed by atoms with van der Waals surface area (Å²) in [5.74, 6) is -0.468. The van der Waals surface area contributed by atoms with E-state index in [2.05, 4.69) is 10.3 Å². The van der Waals surface area contributed by atoms with Gasteiger partial charge in [-0.25, -0.2) is 13.4 Å². The molecule has 8 heteroatoms.